The van der Waals surface area contributed by atoms with Crippen LogP contribution in [0.4, 0.5) is 35.1 Å². The molecule has 0 saturated heterocycles. The summed E-state index contributed by atoms with van der Waals surface area (Å²) in [6, 6.07) is 0. The summed E-state index contributed by atoms with van der Waals surface area (Å²) < 4.78 is 98.4. The largest absolute Gasteiger partial charge is 0.301 e. The lowest BCUT2D eigenvalue weighted by atomic mass is 10.3. The van der Waals surface area contributed by atoms with Gasteiger partial charge in [-0.2, -0.15) is 0 Å². The Morgan fingerprint density at radius 2 is 1.07 bits per heavy atom. The van der Waals surface area contributed by atoms with Gasteiger partial charge in [-0.1, -0.05) is 0 Å². The average molecular weight is 246 g/mol. The van der Waals surface area contributed by atoms with E-state index in [0.29, 0.717) is 0 Å². The van der Waals surface area contributed by atoms with Gasteiger partial charge in [-0.3, -0.25) is 4.74 Å². The van der Waals surface area contributed by atoms with Crippen molar-refractivity contribution < 1.29 is 39.9 Å². The predicted octanol–water partition coefficient (Wildman–Crippen LogP) is 2.80. The van der Waals surface area contributed by atoms with Crippen molar-refractivity contribution in [2.45, 2.75) is 24.6 Å². The van der Waals surface area contributed by atoms with Crippen LogP contribution in [0.2, 0.25) is 0 Å². The molecule has 1 nitrogen and oxygen atoms in total. The van der Waals surface area contributed by atoms with E-state index in [1.807, 2.05) is 0 Å². The molecule has 0 aromatic heterocycles. The van der Waals surface area contributed by atoms with Gasteiger partial charge < -0.3 is 0 Å². The van der Waals surface area contributed by atoms with Gasteiger partial charge in [0.05, 0.1) is 0 Å². The molecule has 0 aliphatic carbocycles. The van der Waals surface area contributed by atoms with E-state index in [1.165, 1.54) is 0 Å². The van der Waals surface area contributed by atoms with Crippen LogP contribution in [0, 0.1) is 0 Å². The zero-order valence-electron chi connectivity index (χ0n) is 7.00. The Balaban J connectivity index is 4.79. The Morgan fingerprint density at radius 1 is 0.800 bits per heavy atom. The Kier molecular flexibility index (Phi) is 4.75. The van der Waals surface area contributed by atoms with E-state index in [4.69, 9.17) is 0 Å². The molecule has 0 aromatic carbocycles. The highest BCUT2D eigenvalue weighted by atomic mass is 19.3. The third kappa shape index (κ3) is 3.18. The van der Waals surface area contributed by atoms with Crippen molar-refractivity contribution in [2.24, 2.45) is 0 Å². The molecule has 15 heavy (non-hydrogen) atoms. The lowest BCUT2D eigenvalue weighted by Gasteiger charge is -2.29. The van der Waals surface area contributed by atoms with Crippen molar-refractivity contribution in [1.29, 1.82) is 0 Å². The summed E-state index contributed by atoms with van der Waals surface area (Å²) in [5, 5.41) is 0. The van der Waals surface area contributed by atoms with E-state index in [1.54, 1.807) is 0 Å². The second kappa shape index (κ2) is 4.95. The van der Waals surface area contributed by atoms with E-state index < -0.39 is 37.9 Å². The minimum Gasteiger partial charge on any atom is -0.295 e. The minimum atomic E-state index is -4.59. The second-order valence-electron chi connectivity index (χ2n) is 2.54. The number of halogens is 8. The van der Waals surface area contributed by atoms with Gasteiger partial charge in [0, 0.05) is 0 Å². The summed E-state index contributed by atoms with van der Waals surface area (Å²) in [4.78, 5) is 0. The van der Waals surface area contributed by atoms with Gasteiger partial charge in [0.25, 0.3) is 12.9 Å². The molecule has 0 amide bonds. The van der Waals surface area contributed by atoms with Crippen LogP contribution >= 0.6 is 0 Å². The maximum absolute atomic E-state index is 12.6. The summed E-state index contributed by atoms with van der Waals surface area (Å²) in [7, 11) is 0. The van der Waals surface area contributed by atoms with Crippen molar-refractivity contribution in [2.75, 3.05) is 13.3 Å². The van der Waals surface area contributed by atoms with Gasteiger partial charge in [-0.25, -0.2) is 35.1 Å². The Bertz CT molecular complexity index is 180. The summed E-state index contributed by atoms with van der Waals surface area (Å²) in [5.74, 6) is -9.17. The van der Waals surface area contributed by atoms with E-state index in [2.05, 4.69) is 4.74 Å². The Morgan fingerprint density at radius 3 is 1.20 bits per heavy atom. The average Bonchev–Trinajstić information content (AvgIpc) is 2.16. The van der Waals surface area contributed by atoms with E-state index >= 15 is 0 Å². The number of alkyl halides is 8. The summed E-state index contributed by atoms with van der Waals surface area (Å²) in [6.45, 7) is -5.16. The molecule has 0 heterocycles. The number of ether oxygens (including phenoxy) is 1. The maximum Gasteiger partial charge on any atom is 0.301 e. The number of hydrogen-bond donors (Lipinski definition) is 0. The molecule has 0 saturated carbocycles. The first kappa shape index (κ1) is 14.4. The quantitative estimate of drug-likeness (QED) is 0.655. The third-order valence-electron chi connectivity index (χ3n) is 1.36. The van der Waals surface area contributed by atoms with Crippen molar-refractivity contribution >= 4 is 0 Å². The first-order valence-corrected chi connectivity index (χ1v) is 3.48. The molecule has 0 aliphatic rings. The maximum atomic E-state index is 12.6. The van der Waals surface area contributed by atoms with Gasteiger partial charge >= 0.3 is 11.7 Å². The molecule has 0 spiro atoms. The third-order valence-corrected chi connectivity index (χ3v) is 1.36. The molecule has 0 bridgehead atoms. The normalized spacial score (nSPS) is 20.4. The first-order valence-electron chi connectivity index (χ1n) is 3.48. The molecule has 9 heteroatoms. The molecule has 2 atom stereocenters. The smallest absolute Gasteiger partial charge is 0.295 e. The Hall–Kier alpha value is -0.600. The SMILES string of the molecule is FCC(F)(OC(F)(CF)C(F)F)C(F)F. The molecular weight excluding hydrogens is 240 g/mol. The minimum absolute atomic E-state index is 2.58. The van der Waals surface area contributed by atoms with E-state index in [9.17, 15) is 35.1 Å². The van der Waals surface area contributed by atoms with Crippen LogP contribution in [0.1, 0.15) is 0 Å². The van der Waals surface area contributed by atoms with Crippen LogP contribution in [0.3, 0.4) is 0 Å². The molecule has 0 radical (unpaired) electrons. The predicted molar refractivity (Wildman–Crippen MR) is 32.7 cm³/mol. The summed E-state index contributed by atoms with van der Waals surface area (Å²) >= 11 is 0. The molecule has 92 valence electrons. The van der Waals surface area contributed by atoms with Gasteiger partial charge in [0.2, 0.25) is 0 Å². The van der Waals surface area contributed by atoms with Crippen molar-refractivity contribution in [1.82, 2.24) is 0 Å². The topological polar surface area (TPSA) is 9.23 Å². The van der Waals surface area contributed by atoms with Crippen LogP contribution in [-0.2, 0) is 4.74 Å². The van der Waals surface area contributed by atoms with Crippen LogP contribution in [0.15, 0.2) is 0 Å². The monoisotopic (exact) mass is 246 g/mol. The second-order valence-corrected chi connectivity index (χ2v) is 2.54. The molecule has 0 N–H and O–H groups in total. The molecular formula is C6H6F8O. The molecule has 0 aliphatic heterocycles. The lowest BCUT2D eigenvalue weighted by molar-refractivity contribution is -0.348. The van der Waals surface area contributed by atoms with E-state index in [0.717, 1.165) is 0 Å². The first-order chi connectivity index (χ1) is 6.72. The van der Waals surface area contributed by atoms with Crippen molar-refractivity contribution in [3.05, 3.63) is 0 Å². The van der Waals surface area contributed by atoms with Crippen LogP contribution in [0.25, 0.3) is 0 Å². The highest BCUT2D eigenvalue weighted by Gasteiger charge is 2.54. The molecule has 0 aromatic rings. The fraction of sp³-hybridized carbons (Fsp3) is 1.00. The van der Waals surface area contributed by atoms with E-state index in [-0.39, 0.29) is 0 Å². The van der Waals surface area contributed by atoms with Crippen molar-refractivity contribution in [3.8, 4) is 0 Å². The molecule has 0 fully saturated rings. The van der Waals surface area contributed by atoms with Gasteiger partial charge in [-0.05, 0) is 0 Å². The molecule has 2 unspecified atom stereocenters. The standard InChI is InChI=1S/C6H6F8O/c7-1-5(13,3(9)10)15-6(14,2-8)4(11)12/h3-4H,1-2H2. The zero-order chi connectivity index (χ0) is 12.3. The van der Waals surface area contributed by atoms with Crippen molar-refractivity contribution in [3.63, 3.8) is 0 Å². The highest BCUT2D eigenvalue weighted by Crippen LogP contribution is 2.34. The Labute approximate surface area is 79.0 Å². The zero-order valence-corrected chi connectivity index (χ0v) is 7.00. The fourth-order valence-electron chi connectivity index (χ4n) is 0.542. The van der Waals surface area contributed by atoms with Gasteiger partial charge in [-0.15, -0.1) is 0 Å². The number of rotatable bonds is 6. The highest BCUT2D eigenvalue weighted by molar-refractivity contribution is 4.79. The van der Waals surface area contributed by atoms with Gasteiger partial charge in [0.1, 0.15) is 0 Å². The summed E-state index contributed by atoms with van der Waals surface area (Å²) in [6.07, 6.45) is -8.44. The number of hydrogen-bond acceptors (Lipinski definition) is 1. The van der Waals surface area contributed by atoms with Crippen LogP contribution < -0.4 is 0 Å². The van der Waals surface area contributed by atoms with Crippen LogP contribution in [0.5, 0.6) is 0 Å². The molecule has 0 rings (SSSR count). The van der Waals surface area contributed by atoms with Gasteiger partial charge in [0.15, 0.2) is 13.3 Å². The fourth-order valence-corrected chi connectivity index (χ4v) is 0.542. The summed E-state index contributed by atoms with van der Waals surface area (Å²) in [5.41, 5.74) is 0. The van der Waals surface area contributed by atoms with Crippen LogP contribution in [-0.4, -0.2) is 37.9 Å². The lowest BCUT2D eigenvalue weighted by Crippen LogP contribution is -2.50.